The fourth-order valence-corrected chi connectivity index (χ4v) is 2.60. The summed E-state index contributed by atoms with van der Waals surface area (Å²) in [5.41, 5.74) is 6.71. The van der Waals surface area contributed by atoms with E-state index in [1.165, 1.54) is 0 Å². The molecule has 3 rings (SSSR count). The normalized spacial score (nSPS) is 19.9. The molecule has 1 aromatic rings. The lowest BCUT2D eigenvalue weighted by Crippen LogP contribution is -2.47. The number of aromatic amines is 1. The van der Waals surface area contributed by atoms with E-state index in [-0.39, 0.29) is 23.8 Å². The van der Waals surface area contributed by atoms with E-state index < -0.39 is 0 Å². The molecule has 2 heterocycles. The number of hydrogen-bond acceptors (Lipinski definition) is 3. The second kappa shape index (κ2) is 5.19. The van der Waals surface area contributed by atoms with E-state index in [0.29, 0.717) is 24.5 Å². The third-order valence-corrected chi connectivity index (χ3v) is 4.01. The molecule has 2 amide bonds. The van der Waals surface area contributed by atoms with Gasteiger partial charge in [0, 0.05) is 36.9 Å². The lowest BCUT2D eigenvalue weighted by Gasteiger charge is -2.32. The summed E-state index contributed by atoms with van der Waals surface area (Å²) in [5, 5.41) is 3.08. The van der Waals surface area contributed by atoms with E-state index in [9.17, 15) is 9.59 Å². The van der Waals surface area contributed by atoms with E-state index in [2.05, 4.69) is 10.3 Å². The molecule has 6 nitrogen and oxygen atoms in total. The molecule has 1 aromatic heterocycles. The summed E-state index contributed by atoms with van der Waals surface area (Å²) in [6, 6.07) is 1.87. The molecule has 2 fully saturated rings. The summed E-state index contributed by atoms with van der Waals surface area (Å²) in [6.45, 7) is 1.35. The second-order valence-corrected chi connectivity index (χ2v) is 5.70. The lowest BCUT2D eigenvalue weighted by molar-refractivity contribution is -0.123. The van der Waals surface area contributed by atoms with Gasteiger partial charge >= 0.3 is 0 Å². The van der Waals surface area contributed by atoms with Crippen molar-refractivity contribution in [3.05, 3.63) is 18.0 Å². The Kier molecular flexibility index (Phi) is 3.38. The van der Waals surface area contributed by atoms with Crippen molar-refractivity contribution in [2.45, 2.75) is 31.7 Å². The fraction of sp³-hybridized carbons (Fsp3) is 0.571. The molecule has 0 atom stereocenters. The maximum Gasteiger partial charge on any atom is 0.270 e. The van der Waals surface area contributed by atoms with Gasteiger partial charge in [0.1, 0.15) is 5.69 Å². The first kappa shape index (κ1) is 13.0. The molecule has 6 heteroatoms. The Hall–Kier alpha value is -1.98. The lowest BCUT2D eigenvalue weighted by atomic mass is 10.0. The van der Waals surface area contributed by atoms with Gasteiger partial charge in [0.25, 0.3) is 5.91 Å². The molecular formula is C14H20N4O2. The summed E-state index contributed by atoms with van der Waals surface area (Å²) in [7, 11) is 0. The number of piperidine rings is 1. The van der Waals surface area contributed by atoms with Gasteiger partial charge in [-0.3, -0.25) is 9.59 Å². The number of rotatable bonds is 3. The highest BCUT2D eigenvalue weighted by Gasteiger charge is 2.32. The van der Waals surface area contributed by atoms with Crippen molar-refractivity contribution in [2.75, 3.05) is 18.8 Å². The van der Waals surface area contributed by atoms with Gasteiger partial charge in [-0.05, 0) is 31.7 Å². The van der Waals surface area contributed by atoms with E-state index in [0.717, 1.165) is 25.7 Å². The summed E-state index contributed by atoms with van der Waals surface area (Å²) >= 11 is 0. The first-order valence-electron chi connectivity index (χ1n) is 7.17. The molecule has 108 valence electrons. The van der Waals surface area contributed by atoms with Crippen molar-refractivity contribution in [3.63, 3.8) is 0 Å². The summed E-state index contributed by atoms with van der Waals surface area (Å²) < 4.78 is 0. The minimum absolute atomic E-state index is 0.0198. The highest BCUT2D eigenvalue weighted by atomic mass is 16.2. The molecule has 0 aromatic carbocycles. The molecule has 1 saturated carbocycles. The monoisotopic (exact) mass is 276 g/mol. The smallest absolute Gasteiger partial charge is 0.270 e. The molecular weight excluding hydrogens is 256 g/mol. The Bertz CT molecular complexity index is 513. The third kappa shape index (κ3) is 2.79. The number of nitrogen functional groups attached to an aromatic ring is 1. The molecule has 1 aliphatic heterocycles. The molecule has 0 radical (unpaired) electrons. The van der Waals surface area contributed by atoms with Gasteiger partial charge in [-0.2, -0.15) is 0 Å². The van der Waals surface area contributed by atoms with Gasteiger partial charge in [0.05, 0.1) is 0 Å². The van der Waals surface area contributed by atoms with Crippen molar-refractivity contribution < 1.29 is 9.59 Å². The Morgan fingerprint density at radius 3 is 2.50 bits per heavy atom. The summed E-state index contributed by atoms with van der Waals surface area (Å²) in [6.07, 6.45) is 5.31. The van der Waals surface area contributed by atoms with Crippen LogP contribution in [-0.2, 0) is 4.79 Å². The van der Waals surface area contributed by atoms with Gasteiger partial charge in [-0.1, -0.05) is 0 Å². The predicted molar refractivity (Wildman–Crippen MR) is 75.0 cm³/mol. The van der Waals surface area contributed by atoms with E-state index in [1.54, 1.807) is 12.3 Å². The van der Waals surface area contributed by atoms with Crippen molar-refractivity contribution in [1.82, 2.24) is 15.2 Å². The quantitative estimate of drug-likeness (QED) is 0.760. The number of anilines is 1. The Morgan fingerprint density at radius 1 is 1.25 bits per heavy atom. The van der Waals surface area contributed by atoms with E-state index >= 15 is 0 Å². The zero-order chi connectivity index (χ0) is 14.1. The first-order valence-corrected chi connectivity index (χ1v) is 7.17. The number of nitrogens with zero attached hydrogens (tertiary/aromatic N) is 1. The minimum Gasteiger partial charge on any atom is -0.397 e. The van der Waals surface area contributed by atoms with Gasteiger partial charge < -0.3 is 20.9 Å². The SMILES string of the molecule is Nc1c[nH]c(C(=O)N2CCC(NC(=O)C3CC3)CC2)c1. The second-order valence-electron chi connectivity index (χ2n) is 5.70. The zero-order valence-electron chi connectivity index (χ0n) is 11.4. The van der Waals surface area contributed by atoms with Crippen molar-refractivity contribution >= 4 is 17.5 Å². The zero-order valence-corrected chi connectivity index (χ0v) is 11.4. The van der Waals surface area contributed by atoms with Crippen molar-refractivity contribution in [2.24, 2.45) is 5.92 Å². The molecule has 2 aliphatic rings. The standard InChI is InChI=1S/C14H20N4O2/c15-10-7-12(16-8-10)14(20)18-5-3-11(4-6-18)17-13(19)9-1-2-9/h7-9,11,16H,1-6,15H2,(H,17,19). The topological polar surface area (TPSA) is 91.2 Å². The number of aromatic nitrogens is 1. The number of nitrogens with one attached hydrogen (secondary N) is 2. The fourth-order valence-electron chi connectivity index (χ4n) is 2.60. The van der Waals surface area contributed by atoms with E-state index in [4.69, 9.17) is 5.73 Å². The predicted octanol–water partition coefficient (Wildman–Crippen LogP) is 0.728. The van der Waals surface area contributed by atoms with Crippen LogP contribution >= 0.6 is 0 Å². The average molecular weight is 276 g/mol. The molecule has 0 unspecified atom stereocenters. The average Bonchev–Trinajstić information content (AvgIpc) is 3.21. The minimum atomic E-state index is -0.0198. The van der Waals surface area contributed by atoms with Crippen LogP contribution in [0.1, 0.15) is 36.2 Å². The van der Waals surface area contributed by atoms with Crippen LogP contribution in [0.2, 0.25) is 0 Å². The maximum absolute atomic E-state index is 12.2. The molecule has 1 saturated heterocycles. The van der Waals surface area contributed by atoms with Crippen LogP contribution in [0.5, 0.6) is 0 Å². The number of H-pyrrole nitrogens is 1. The maximum atomic E-state index is 12.2. The van der Waals surface area contributed by atoms with E-state index in [1.807, 2.05) is 4.90 Å². The van der Waals surface area contributed by atoms with Crippen molar-refractivity contribution in [3.8, 4) is 0 Å². The van der Waals surface area contributed by atoms with Crippen LogP contribution in [0, 0.1) is 5.92 Å². The van der Waals surface area contributed by atoms with Crippen LogP contribution in [0.15, 0.2) is 12.3 Å². The van der Waals surface area contributed by atoms with Gasteiger partial charge in [0.15, 0.2) is 0 Å². The number of carbonyl (C=O) groups excluding carboxylic acids is 2. The molecule has 1 aliphatic carbocycles. The number of nitrogens with two attached hydrogens (primary N) is 1. The van der Waals surface area contributed by atoms with Gasteiger partial charge in [0.2, 0.25) is 5.91 Å². The Morgan fingerprint density at radius 2 is 1.95 bits per heavy atom. The van der Waals surface area contributed by atoms with Crippen molar-refractivity contribution in [1.29, 1.82) is 0 Å². The van der Waals surface area contributed by atoms with Crippen LogP contribution in [0.3, 0.4) is 0 Å². The summed E-state index contributed by atoms with van der Waals surface area (Å²) in [4.78, 5) is 28.6. The number of likely N-dealkylation sites (tertiary alicyclic amines) is 1. The molecule has 20 heavy (non-hydrogen) atoms. The number of amides is 2. The number of carbonyl (C=O) groups is 2. The Labute approximate surface area is 117 Å². The largest absolute Gasteiger partial charge is 0.397 e. The number of hydrogen-bond donors (Lipinski definition) is 3. The highest BCUT2D eigenvalue weighted by Crippen LogP contribution is 2.29. The molecule has 0 bridgehead atoms. The van der Waals surface area contributed by atoms with Crippen LogP contribution in [-0.4, -0.2) is 40.8 Å². The molecule has 0 spiro atoms. The summed E-state index contributed by atoms with van der Waals surface area (Å²) in [5.74, 6) is 0.414. The third-order valence-electron chi connectivity index (χ3n) is 4.01. The Balaban J connectivity index is 1.50. The first-order chi connectivity index (χ1) is 9.63. The van der Waals surface area contributed by atoms with Gasteiger partial charge in [-0.25, -0.2) is 0 Å². The van der Waals surface area contributed by atoms with Crippen LogP contribution in [0.4, 0.5) is 5.69 Å². The highest BCUT2D eigenvalue weighted by molar-refractivity contribution is 5.93. The molecule has 4 N–H and O–H groups in total. The van der Waals surface area contributed by atoms with Crippen LogP contribution in [0.25, 0.3) is 0 Å². The van der Waals surface area contributed by atoms with Gasteiger partial charge in [-0.15, -0.1) is 0 Å². The van der Waals surface area contributed by atoms with Crippen LogP contribution < -0.4 is 11.1 Å².